The van der Waals surface area contributed by atoms with E-state index in [2.05, 4.69) is 5.32 Å². The molecule has 0 bridgehead atoms. The third-order valence-corrected chi connectivity index (χ3v) is 6.33. The van der Waals surface area contributed by atoms with Crippen molar-refractivity contribution in [3.05, 3.63) is 0 Å². The molecule has 1 saturated heterocycles. The van der Waals surface area contributed by atoms with Crippen molar-refractivity contribution in [3.63, 3.8) is 0 Å². The molecule has 0 atom stereocenters. The molecule has 0 amide bonds. The Balaban J connectivity index is 0.00000169. The van der Waals surface area contributed by atoms with Crippen LogP contribution in [0.1, 0.15) is 12.8 Å². The average molecular weight is 249 g/mol. The van der Waals surface area contributed by atoms with Gasteiger partial charge in [-0.3, -0.25) is 14.4 Å². The molecular formula is C4H13NO7P2. The SMILES string of the molecule is O.O=P(O)(O)C1(P(=O)(O)O)CCCN1. The van der Waals surface area contributed by atoms with Crippen LogP contribution >= 0.6 is 15.2 Å². The standard InChI is InChI=1S/C4H11NO6P2.H2O/c6-12(7,8)4(13(9,10)11)2-1-3-5-4;/h5H,1-3H2,(H2,6,7,8)(H2,9,10,11);1H2. The summed E-state index contributed by atoms with van der Waals surface area (Å²) in [6.07, 6.45) is 0.137. The lowest BCUT2D eigenvalue weighted by Gasteiger charge is -2.30. The summed E-state index contributed by atoms with van der Waals surface area (Å²) in [5.74, 6) is 0. The fraction of sp³-hybridized carbons (Fsp3) is 1.00. The van der Waals surface area contributed by atoms with Gasteiger partial charge in [-0.05, 0) is 19.4 Å². The van der Waals surface area contributed by atoms with Gasteiger partial charge < -0.3 is 25.0 Å². The zero-order valence-corrected chi connectivity index (χ0v) is 8.91. The maximum absolute atomic E-state index is 10.9. The van der Waals surface area contributed by atoms with Gasteiger partial charge in [0.25, 0.3) is 0 Å². The van der Waals surface area contributed by atoms with Crippen LogP contribution in [0.2, 0.25) is 0 Å². The third-order valence-electron chi connectivity index (χ3n) is 2.07. The molecule has 1 fully saturated rings. The molecule has 0 unspecified atom stereocenters. The van der Waals surface area contributed by atoms with Gasteiger partial charge in [-0.15, -0.1) is 0 Å². The first-order chi connectivity index (χ1) is 5.71. The highest BCUT2D eigenvalue weighted by Gasteiger charge is 2.61. The first-order valence-corrected chi connectivity index (χ1v) is 6.79. The zero-order chi connectivity index (χ0) is 10.3. The van der Waals surface area contributed by atoms with Crippen molar-refractivity contribution >= 4 is 15.2 Å². The Bertz CT molecular complexity index is 262. The molecule has 0 aromatic heterocycles. The Morgan fingerprint density at radius 2 is 1.50 bits per heavy atom. The zero-order valence-electron chi connectivity index (χ0n) is 7.12. The van der Waals surface area contributed by atoms with Gasteiger partial charge in [0.2, 0.25) is 5.02 Å². The summed E-state index contributed by atoms with van der Waals surface area (Å²) < 4.78 is 21.9. The predicted molar refractivity (Wildman–Crippen MR) is 47.7 cm³/mol. The van der Waals surface area contributed by atoms with Crippen LogP contribution in [-0.4, -0.2) is 36.6 Å². The summed E-state index contributed by atoms with van der Waals surface area (Å²) in [5.41, 5.74) is 0. The van der Waals surface area contributed by atoms with E-state index in [1.165, 1.54) is 0 Å². The summed E-state index contributed by atoms with van der Waals surface area (Å²) in [4.78, 5) is 35.4. The number of hydrogen-bond donors (Lipinski definition) is 5. The summed E-state index contributed by atoms with van der Waals surface area (Å²) in [6.45, 7) is 0.205. The van der Waals surface area contributed by atoms with E-state index in [1.807, 2.05) is 0 Å². The molecule has 86 valence electrons. The fourth-order valence-electron chi connectivity index (χ4n) is 1.38. The lowest BCUT2D eigenvalue weighted by Crippen LogP contribution is -2.38. The van der Waals surface area contributed by atoms with Gasteiger partial charge in [0.15, 0.2) is 0 Å². The molecule has 0 spiro atoms. The Hall–Kier alpha value is 0.220. The second-order valence-corrected chi connectivity index (χ2v) is 6.99. The summed E-state index contributed by atoms with van der Waals surface area (Å²) >= 11 is 0. The predicted octanol–water partition coefficient (Wildman–Crippen LogP) is -1.45. The molecule has 0 saturated carbocycles. The Kier molecular flexibility index (Phi) is 4.06. The van der Waals surface area contributed by atoms with Crippen molar-refractivity contribution in [1.82, 2.24) is 5.32 Å². The second-order valence-electron chi connectivity index (χ2n) is 2.93. The molecule has 0 radical (unpaired) electrons. The molecule has 0 aromatic carbocycles. The van der Waals surface area contributed by atoms with Crippen molar-refractivity contribution in [2.24, 2.45) is 0 Å². The number of hydrogen-bond acceptors (Lipinski definition) is 3. The highest BCUT2D eigenvalue weighted by Crippen LogP contribution is 2.70. The monoisotopic (exact) mass is 249 g/mol. The van der Waals surface area contributed by atoms with Crippen LogP contribution in [0.4, 0.5) is 0 Å². The van der Waals surface area contributed by atoms with Crippen molar-refractivity contribution < 1.29 is 34.2 Å². The lowest BCUT2D eigenvalue weighted by atomic mass is 10.4. The highest BCUT2D eigenvalue weighted by molar-refractivity contribution is 7.72. The van der Waals surface area contributed by atoms with E-state index in [-0.39, 0.29) is 18.4 Å². The first kappa shape index (κ1) is 14.2. The van der Waals surface area contributed by atoms with Crippen molar-refractivity contribution in [2.45, 2.75) is 17.9 Å². The molecule has 0 aliphatic carbocycles. The largest absolute Gasteiger partial charge is 0.412 e. The van der Waals surface area contributed by atoms with Crippen LogP contribution in [0.5, 0.6) is 0 Å². The fourth-order valence-corrected chi connectivity index (χ4v) is 4.27. The minimum absolute atomic E-state index is 0. The number of rotatable bonds is 2. The van der Waals surface area contributed by atoms with Gasteiger partial charge in [0.1, 0.15) is 0 Å². The van der Waals surface area contributed by atoms with Crippen LogP contribution < -0.4 is 5.32 Å². The molecule has 14 heavy (non-hydrogen) atoms. The van der Waals surface area contributed by atoms with Crippen molar-refractivity contribution in [1.29, 1.82) is 0 Å². The molecule has 1 aliphatic heterocycles. The highest BCUT2D eigenvalue weighted by atomic mass is 31.2. The second kappa shape index (κ2) is 4.00. The molecule has 7 N–H and O–H groups in total. The van der Waals surface area contributed by atoms with Crippen LogP contribution in [0.15, 0.2) is 0 Å². The van der Waals surface area contributed by atoms with E-state index in [4.69, 9.17) is 19.6 Å². The molecule has 1 aliphatic rings. The van der Waals surface area contributed by atoms with Gasteiger partial charge in [-0.25, -0.2) is 0 Å². The van der Waals surface area contributed by atoms with Gasteiger partial charge in [0, 0.05) is 0 Å². The molecular weight excluding hydrogens is 236 g/mol. The van der Waals surface area contributed by atoms with Gasteiger partial charge in [0.05, 0.1) is 0 Å². The van der Waals surface area contributed by atoms with E-state index in [9.17, 15) is 9.13 Å². The van der Waals surface area contributed by atoms with Crippen LogP contribution in [0.3, 0.4) is 0 Å². The smallest absolute Gasteiger partial charge is 0.357 e. The minimum atomic E-state index is -4.84. The van der Waals surface area contributed by atoms with Gasteiger partial charge in [-0.2, -0.15) is 0 Å². The summed E-state index contributed by atoms with van der Waals surface area (Å²) in [5, 5.41) is -0.123. The molecule has 8 nitrogen and oxygen atoms in total. The van der Waals surface area contributed by atoms with Crippen molar-refractivity contribution in [3.8, 4) is 0 Å². The van der Waals surface area contributed by atoms with Crippen LogP contribution in [-0.2, 0) is 9.13 Å². The van der Waals surface area contributed by atoms with Crippen LogP contribution in [0, 0.1) is 0 Å². The van der Waals surface area contributed by atoms with E-state index in [1.54, 1.807) is 0 Å². The maximum Gasteiger partial charge on any atom is 0.357 e. The van der Waals surface area contributed by atoms with Gasteiger partial charge in [-0.1, -0.05) is 0 Å². The first-order valence-electron chi connectivity index (χ1n) is 3.57. The Morgan fingerprint density at radius 3 is 1.64 bits per heavy atom. The molecule has 10 heteroatoms. The summed E-state index contributed by atoms with van der Waals surface area (Å²) in [6, 6.07) is 0. The minimum Gasteiger partial charge on any atom is -0.412 e. The van der Waals surface area contributed by atoms with Gasteiger partial charge >= 0.3 is 15.2 Å². The maximum atomic E-state index is 10.9. The van der Waals surface area contributed by atoms with E-state index < -0.39 is 20.2 Å². The summed E-state index contributed by atoms with van der Waals surface area (Å²) in [7, 11) is -9.68. The Morgan fingerprint density at radius 1 is 1.07 bits per heavy atom. The topological polar surface area (TPSA) is 159 Å². The number of nitrogens with one attached hydrogen (secondary N) is 1. The Labute approximate surface area is 80.0 Å². The van der Waals surface area contributed by atoms with Crippen molar-refractivity contribution in [2.75, 3.05) is 6.54 Å². The third kappa shape index (κ3) is 2.08. The molecule has 1 rings (SSSR count). The van der Waals surface area contributed by atoms with E-state index in [0.29, 0.717) is 6.42 Å². The van der Waals surface area contributed by atoms with E-state index in [0.717, 1.165) is 0 Å². The molecule has 1 heterocycles. The van der Waals surface area contributed by atoms with E-state index >= 15 is 0 Å². The quantitative estimate of drug-likeness (QED) is 0.374. The average Bonchev–Trinajstić information content (AvgIpc) is 2.28. The molecule has 0 aromatic rings. The normalized spacial score (nSPS) is 21.7. The van der Waals surface area contributed by atoms with Crippen LogP contribution in [0.25, 0.3) is 0 Å². The lowest BCUT2D eigenvalue weighted by molar-refractivity contribution is 0.299.